The minimum Gasteiger partial charge on any atom is -0.308 e. The first-order valence-corrected chi connectivity index (χ1v) is 14.3. The van der Waals surface area contributed by atoms with Gasteiger partial charge in [0.1, 0.15) is 0 Å². The number of hydrogen-bond donors (Lipinski definition) is 0. The molecular formula is C39H23N3O2. The molecule has 0 bridgehead atoms. The van der Waals surface area contributed by atoms with Crippen molar-refractivity contribution in [2.24, 2.45) is 0 Å². The molecule has 7 aromatic rings. The maximum absolute atomic E-state index is 14.1. The molecule has 0 spiro atoms. The highest BCUT2D eigenvalue weighted by Crippen LogP contribution is 2.39. The fourth-order valence-corrected chi connectivity index (χ4v) is 6.27. The number of carbonyl (C=O) groups excluding carboxylic acids is 2. The van der Waals surface area contributed by atoms with Crippen LogP contribution in [0.15, 0.2) is 140 Å². The number of nitrogens with zero attached hydrogens (tertiary/aromatic N) is 3. The minimum atomic E-state index is -0.340. The van der Waals surface area contributed by atoms with Crippen LogP contribution in [0.3, 0.4) is 0 Å². The van der Waals surface area contributed by atoms with Gasteiger partial charge in [-0.25, -0.2) is 4.90 Å². The molecule has 1 aromatic heterocycles. The Morgan fingerprint density at radius 3 is 1.93 bits per heavy atom. The minimum absolute atomic E-state index is 0.330. The number of fused-ring (bicyclic) bond motifs is 4. The van der Waals surface area contributed by atoms with E-state index in [1.807, 2.05) is 109 Å². The molecule has 1 aliphatic rings. The zero-order valence-electron chi connectivity index (χ0n) is 23.4. The van der Waals surface area contributed by atoms with Gasteiger partial charge in [-0.2, -0.15) is 5.26 Å². The summed E-state index contributed by atoms with van der Waals surface area (Å²) >= 11 is 0. The van der Waals surface area contributed by atoms with Gasteiger partial charge in [0.2, 0.25) is 0 Å². The van der Waals surface area contributed by atoms with Gasteiger partial charge in [0.25, 0.3) is 11.8 Å². The van der Waals surface area contributed by atoms with E-state index in [9.17, 15) is 14.9 Å². The van der Waals surface area contributed by atoms with Gasteiger partial charge >= 0.3 is 0 Å². The van der Waals surface area contributed by atoms with Crippen LogP contribution in [0, 0.1) is 11.3 Å². The van der Waals surface area contributed by atoms with E-state index in [-0.39, 0.29) is 11.8 Å². The van der Waals surface area contributed by atoms with Crippen molar-refractivity contribution in [1.82, 2.24) is 4.57 Å². The summed E-state index contributed by atoms with van der Waals surface area (Å²) in [6.45, 7) is 0. The Morgan fingerprint density at radius 1 is 0.523 bits per heavy atom. The molecule has 2 heterocycles. The number of amides is 2. The van der Waals surface area contributed by atoms with Gasteiger partial charge in [-0.15, -0.1) is 0 Å². The molecule has 8 rings (SSSR count). The molecule has 0 atom stereocenters. The first-order chi connectivity index (χ1) is 21.6. The Kier molecular flexibility index (Phi) is 5.75. The maximum atomic E-state index is 14.1. The molecule has 0 saturated carbocycles. The molecule has 0 fully saturated rings. The molecule has 0 saturated heterocycles. The lowest BCUT2D eigenvalue weighted by molar-refractivity contribution is 0.0926. The smallest absolute Gasteiger partial charge is 0.268 e. The Balaban J connectivity index is 1.25. The van der Waals surface area contributed by atoms with Crippen LogP contribution in [0.5, 0.6) is 0 Å². The molecule has 0 aliphatic carbocycles. The van der Waals surface area contributed by atoms with Gasteiger partial charge in [0.15, 0.2) is 0 Å². The van der Waals surface area contributed by atoms with Crippen LogP contribution in [0.2, 0.25) is 0 Å². The van der Waals surface area contributed by atoms with Crippen LogP contribution in [0.4, 0.5) is 5.69 Å². The van der Waals surface area contributed by atoms with Crippen LogP contribution in [0.25, 0.3) is 49.7 Å². The number of benzene rings is 6. The molecule has 5 nitrogen and oxygen atoms in total. The molecular weight excluding hydrogens is 542 g/mol. The number of anilines is 1. The van der Waals surface area contributed by atoms with Crippen LogP contribution in [-0.2, 0) is 0 Å². The number of nitriles is 1. The summed E-state index contributed by atoms with van der Waals surface area (Å²) < 4.78 is 2.08. The average molecular weight is 566 g/mol. The van der Waals surface area contributed by atoms with Gasteiger partial charge in [-0.3, -0.25) is 9.59 Å². The van der Waals surface area contributed by atoms with E-state index in [0.717, 1.165) is 44.1 Å². The Bertz CT molecular complexity index is 2310. The maximum Gasteiger partial charge on any atom is 0.268 e. The lowest BCUT2D eigenvalue weighted by atomic mass is 10.0. The molecule has 44 heavy (non-hydrogen) atoms. The molecule has 6 aromatic carbocycles. The number of carbonyl (C=O) groups is 2. The number of imide groups is 1. The highest BCUT2D eigenvalue weighted by Gasteiger charge is 2.39. The van der Waals surface area contributed by atoms with E-state index in [2.05, 4.69) is 34.9 Å². The summed E-state index contributed by atoms with van der Waals surface area (Å²) in [5.41, 5.74) is 8.60. The fraction of sp³-hybridized carbons (Fsp3) is 0. The van der Waals surface area contributed by atoms with Gasteiger partial charge < -0.3 is 4.57 Å². The van der Waals surface area contributed by atoms with Gasteiger partial charge in [-0.05, 0) is 76.9 Å². The number of hydrogen-bond acceptors (Lipinski definition) is 3. The normalized spacial score (nSPS) is 12.6. The van der Waals surface area contributed by atoms with Crippen molar-refractivity contribution in [1.29, 1.82) is 5.26 Å². The average Bonchev–Trinajstić information content (AvgIpc) is 3.55. The molecule has 5 heteroatoms. The SMILES string of the molecule is N#Cc1ccc(-c2ccc3c(c2)c2ccccc2n3-c2cccc3c2C(=O)N(c2ccc(-c4ccccc4)cc2)C3=O)cc1. The van der Waals surface area contributed by atoms with Crippen molar-refractivity contribution < 1.29 is 9.59 Å². The number of aromatic nitrogens is 1. The molecule has 0 N–H and O–H groups in total. The van der Waals surface area contributed by atoms with Gasteiger partial charge in [0, 0.05) is 10.8 Å². The van der Waals surface area contributed by atoms with Crippen molar-refractivity contribution in [2.75, 3.05) is 4.90 Å². The van der Waals surface area contributed by atoms with Crippen molar-refractivity contribution >= 4 is 39.3 Å². The second kappa shape index (κ2) is 9.94. The lowest BCUT2D eigenvalue weighted by Crippen LogP contribution is -2.29. The summed E-state index contributed by atoms with van der Waals surface area (Å²) in [4.78, 5) is 29.1. The van der Waals surface area contributed by atoms with E-state index in [0.29, 0.717) is 28.1 Å². The summed E-state index contributed by atoms with van der Waals surface area (Å²) in [5, 5.41) is 11.3. The zero-order valence-corrected chi connectivity index (χ0v) is 23.4. The van der Waals surface area contributed by atoms with E-state index in [1.54, 1.807) is 6.07 Å². The van der Waals surface area contributed by atoms with Gasteiger partial charge in [0.05, 0.1) is 45.2 Å². The first-order valence-electron chi connectivity index (χ1n) is 14.3. The first kappa shape index (κ1) is 25.5. The van der Waals surface area contributed by atoms with Crippen LogP contribution >= 0.6 is 0 Å². The molecule has 2 amide bonds. The van der Waals surface area contributed by atoms with E-state index < -0.39 is 0 Å². The summed E-state index contributed by atoms with van der Waals surface area (Å²) in [7, 11) is 0. The predicted molar refractivity (Wildman–Crippen MR) is 174 cm³/mol. The van der Waals surface area contributed by atoms with Crippen molar-refractivity contribution in [3.8, 4) is 34.0 Å². The Labute approximate surface area is 253 Å². The topological polar surface area (TPSA) is 66.1 Å². The van der Waals surface area contributed by atoms with E-state index in [1.165, 1.54) is 4.90 Å². The third-order valence-electron chi connectivity index (χ3n) is 8.39. The van der Waals surface area contributed by atoms with Crippen LogP contribution in [-0.4, -0.2) is 16.4 Å². The van der Waals surface area contributed by atoms with Crippen molar-refractivity contribution in [3.63, 3.8) is 0 Å². The molecule has 0 unspecified atom stereocenters. The third-order valence-corrected chi connectivity index (χ3v) is 8.39. The molecule has 0 radical (unpaired) electrons. The Morgan fingerprint density at radius 2 is 1.16 bits per heavy atom. The van der Waals surface area contributed by atoms with E-state index in [4.69, 9.17) is 0 Å². The van der Waals surface area contributed by atoms with Crippen LogP contribution in [0.1, 0.15) is 26.3 Å². The lowest BCUT2D eigenvalue weighted by Gasteiger charge is -2.15. The van der Waals surface area contributed by atoms with Gasteiger partial charge in [-0.1, -0.05) is 84.9 Å². The van der Waals surface area contributed by atoms with E-state index >= 15 is 0 Å². The number of rotatable bonds is 4. The number of para-hydroxylation sites is 1. The van der Waals surface area contributed by atoms with Crippen molar-refractivity contribution in [2.45, 2.75) is 0 Å². The zero-order chi connectivity index (χ0) is 29.8. The molecule has 206 valence electrons. The summed E-state index contributed by atoms with van der Waals surface area (Å²) in [6.07, 6.45) is 0. The monoisotopic (exact) mass is 565 g/mol. The molecule has 1 aliphatic heterocycles. The highest BCUT2D eigenvalue weighted by molar-refractivity contribution is 6.35. The standard InChI is InChI=1S/C39H23N3O2/c40-24-25-13-15-28(16-14-25)29-19-22-35-33(23-29)31-9-4-5-11-34(31)42(35)36-12-6-10-32-37(36)39(44)41(38(32)43)30-20-17-27(18-21-30)26-7-2-1-3-8-26/h1-23H. The predicted octanol–water partition coefficient (Wildman–Crippen LogP) is 8.79. The largest absolute Gasteiger partial charge is 0.308 e. The fourth-order valence-electron chi connectivity index (χ4n) is 6.27. The van der Waals surface area contributed by atoms with Crippen LogP contribution < -0.4 is 4.90 Å². The second-order valence-corrected chi connectivity index (χ2v) is 10.8. The summed E-state index contributed by atoms with van der Waals surface area (Å²) in [5.74, 6) is -0.670. The quantitative estimate of drug-likeness (QED) is 0.200. The second-order valence-electron chi connectivity index (χ2n) is 10.8. The summed E-state index contributed by atoms with van der Waals surface area (Å²) in [6, 6.07) is 47.1. The van der Waals surface area contributed by atoms with Crippen molar-refractivity contribution in [3.05, 3.63) is 156 Å². The highest BCUT2D eigenvalue weighted by atomic mass is 16.2. The Hall–Kier alpha value is -6.25. The third kappa shape index (κ3) is 3.86.